The second-order valence-electron chi connectivity index (χ2n) is 8.42. The van der Waals surface area contributed by atoms with Crippen LogP contribution in [0.25, 0.3) is 0 Å². The Hall–Kier alpha value is -3.06. The topological polar surface area (TPSA) is 70.2 Å². The van der Waals surface area contributed by atoms with Gasteiger partial charge in [-0.2, -0.15) is 0 Å². The average Bonchev–Trinajstić information content (AvgIpc) is 2.88. The molecule has 0 aliphatic carbocycles. The average molecular weight is 470 g/mol. The van der Waals surface area contributed by atoms with Crippen LogP contribution in [0.2, 0.25) is 5.02 Å². The number of halogens is 1. The third kappa shape index (κ3) is 5.30. The van der Waals surface area contributed by atoms with Gasteiger partial charge >= 0.3 is 0 Å². The van der Waals surface area contributed by atoms with Gasteiger partial charge in [-0.3, -0.25) is 14.4 Å². The molecule has 174 valence electrons. The number of carbonyl (C=O) groups is 3. The van der Waals surface area contributed by atoms with Crippen molar-refractivity contribution in [3.05, 3.63) is 64.7 Å². The summed E-state index contributed by atoms with van der Waals surface area (Å²) in [7, 11) is 1.58. The molecule has 2 aliphatic heterocycles. The molecule has 2 saturated heterocycles. The Balaban J connectivity index is 1.26. The van der Waals surface area contributed by atoms with Gasteiger partial charge in [-0.25, -0.2) is 0 Å². The van der Waals surface area contributed by atoms with Crippen LogP contribution in [0.5, 0.6) is 5.75 Å². The highest BCUT2D eigenvalue weighted by molar-refractivity contribution is 6.30. The summed E-state index contributed by atoms with van der Waals surface area (Å²) in [5.41, 5.74) is 1.20. The highest BCUT2D eigenvalue weighted by atomic mass is 35.5. The highest BCUT2D eigenvalue weighted by Gasteiger charge is 2.32. The fraction of sp³-hybridized carbons (Fsp3) is 0.400. The van der Waals surface area contributed by atoms with Gasteiger partial charge in [0.25, 0.3) is 11.8 Å². The molecule has 0 N–H and O–H groups in total. The largest absolute Gasteiger partial charge is 0.497 e. The molecule has 0 aromatic heterocycles. The Morgan fingerprint density at radius 1 is 0.788 bits per heavy atom. The molecule has 0 unspecified atom stereocenters. The van der Waals surface area contributed by atoms with E-state index in [1.807, 2.05) is 11.0 Å². The Morgan fingerprint density at radius 3 is 2.00 bits per heavy atom. The highest BCUT2D eigenvalue weighted by Crippen LogP contribution is 2.23. The number of amides is 3. The summed E-state index contributed by atoms with van der Waals surface area (Å²) < 4.78 is 5.21. The van der Waals surface area contributed by atoms with Crippen LogP contribution < -0.4 is 4.74 Å². The molecule has 8 heteroatoms. The standard InChI is InChI=1S/C25H28ClN3O4/c1-33-22-4-2-3-20(17-22)25(32)29-15-13-28(14-16-29)24(31)19-9-11-27(12-10-19)23(30)18-5-7-21(26)8-6-18/h2-8,17,19H,9-16H2,1H3. The molecule has 0 atom stereocenters. The molecule has 33 heavy (non-hydrogen) atoms. The summed E-state index contributed by atoms with van der Waals surface area (Å²) >= 11 is 5.91. The van der Waals surface area contributed by atoms with Gasteiger partial charge in [0.1, 0.15) is 5.75 Å². The molecule has 2 fully saturated rings. The van der Waals surface area contributed by atoms with Crippen LogP contribution in [0.3, 0.4) is 0 Å². The van der Waals surface area contributed by atoms with E-state index in [9.17, 15) is 14.4 Å². The second-order valence-corrected chi connectivity index (χ2v) is 8.86. The predicted molar refractivity (Wildman–Crippen MR) is 126 cm³/mol. The number of hydrogen-bond donors (Lipinski definition) is 0. The van der Waals surface area contributed by atoms with Crippen molar-refractivity contribution in [3.8, 4) is 5.75 Å². The van der Waals surface area contributed by atoms with Crippen molar-refractivity contribution in [2.24, 2.45) is 5.92 Å². The van der Waals surface area contributed by atoms with Crippen molar-refractivity contribution >= 4 is 29.3 Å². The van der Waals surface area contributed by atoms with Gasteiger partial charge in [-0.1, -0.05) is 17.7 Å². The smallest absolute Gasteiger partial charge is 0.254 e. The number of benzene rings is 2. The Morgan fingerprint density at radius 2 is 1.36 bits per heavy atom. The molecule has 2 heterocycles. The van der Waals surface area contributed by atoms with E-state index < -0.39 is 0 Å². The van der Waals surface area contributed by atoms with Crippen LogP contribution >= 0.6 is 11.6 Å². The minimum atomic E-state index is -0.0834. The van der Waals surface area contributed by atoms with E-state index in [0.717, 1.165) is 0 Å². The lowest BCUT2D eigenvalue weighted by Gasteiger charge is -2.38. The summed E-state index contributed by atoms with van der Waals surface area (Å²) in [6.07, 6.45) is 1.31. The lowest BCUT2D eigenvalue weighted by Crippen LogP contribution is -2.53. The van der Waals surface area contributed by atoms with Crippen molar-refractivity contribution in [3.63, 3.8) is 0 Å². The molecule has 0 saturated carbocycles. The maximum Gasteiger partial charge on any atom is 0.254 e. The van der Waals surface area contributed by atoms with E-state index in [2.05, 4.69) is 0 Å². The van der Waals surface area contributed by atoms with E-state index in [4.69, 9.17) is 16.3 Å². The van der Waals surface area contributed by atoms with Crippen LogP contribution in [0.4, 0.5) is 0 Å². The van der Waals surface area contributed by atoms with Crippen LogP contribution in [0.15, 0.2) is 48.5 Å². The third-order valence-corrected chi connectivity index (χ3v) is 6.67. The number of piperidine rings is 1. The predicted octanol–water partition coefficient (Wildman–Crippen LogP) is 3.19. The fourth-order valence-corrected chi connectivity index (χ4v) is 4.56. The SMILES string of the molecule is COc1cccc(C(=O)N2CCN(C(=O)C3CCN(C(=O)c4ccc(Cl)cc4)CC3)CC2)c1. The van der Waals surface area contributed by atoms with E-state index >= 15 is 0 Å². The maximum absolute atomic E-state index is 13.1. The van der Waals surface area contributed by atoms with Crippen molar-refractivity contribution in [1.29, 1.82) is 0 Å². The summed E-state index contributed by atoms with van der Waals surface area (Å²) in [5, 5.41) is 0.598. The molecule has 2 aromatic carbocycles. The molecule has 3 amide bonds. The molecule has 0 spiro atoms. The first-order valence-electron chi connectivity index (χ1n) is 11.2. The van der Waals surface area contributed by atoms with E-state index in [1.165, 1.54) is 0 Å². The Kier molecular flexibility index (Phi) is 7.18. The molecule has 0 bridgehead atoms. The first-order chi connectivity index (χ1) is 16.0. The summed E-state index contributed by atoms with van der Waals surface area (Å²) in [5.74, 6) is 0.620. The number of piperazine rings is 1. The number of nitrogens with zero attached hydrogens (tertiary/aromatic N) is 3. The zero-order chi connectivity index (χ0) is 23.4. The number of hydrogen-bond acceptors (Lipinski definition) is 4. The zero-order valence-electron chi connectivity index (χ0n) is 18.7. The molecule has 0 radical (unpaired) electrons. The van der Waals surface area contributed by atoms with Gasteiger partial charge in [-0.15, -0.1) is 0 Å². The molecular formula is C25H28ClN3O4. The number of carbonyl (C=O) groups excluding carboxylic acids is 3. The van der Waals surface area contributed by atoms with E-state index in [0.29, 0.717) is 74.0 Å². The van der Waals surface area contributed by atoms with Gasteiger partial charge in [-0.05, 0) is 55.3 Å². The Bertz CT molecular complexity index is 1010. The quantitative estimate of drug-likeness (QED) is 0.689. The van der Waals surface area contributed by atoms with Crippen molar-refractivity contribution in [2.45, 2.75) is 12.8 Å². The van der Waals surface area contributed by atoms with E-state index in [-0.39, 0.29) is 23.6 Å². The van der Waals surface area contributed by atoms with E-state index in [1.54, 1.807) is 59.4 Å². The number of methoxy groups -OCH3 is 1. The van der Waals surface area contributed by atoms with Gasteiger partial charge in [0, 0.05) is 61.3 Å². The maximum atomic E-state index is 13.1. The van der Waals surface area contributed by atoms with Gasteiger partial charge in [0.2, 0.25) is 5.91 Å². The molecule has 2 aliphatic rings. The number of rotatable bonds is 4. The third-order valence-electron chi connectivity index (χ3n) is 6.42. The second kappa shape index (κ2) is 10.3. The van der Waals surface area contributed by atoms with Crippen molar-refractivity contribution in [1.82, 2.24) is 14.7 Å². The summed E-state index contributed by atoms with van der Waals surface area (Å²) in [6.45, 7) is 3.20. The van der Waals surface area contributed by atoms with Gasteiger partial charge in [0.15, 0.2) is 0 Å². The molecular weight excluding hydrogens is 442 g/mol. The van der Waals surface area contributed by atoms with Crippen LogP contribution in [0.1, 0.15) is 33.6 Å². The lowest BCUT2D eigenvalue weighted by molar-refractivity contribution is -0.138. The summed E-state index contributed by atoms with van der Waals surface area (Å²) in [4.78, 5) is 44.0. The molecule has 7 nitrogen and oxygen atoms in total. The minimum absolute atomic E-state index is 0.0257. The summed E-state index contributed by atoms with van der Waals surface area (Å²) in [6, 6.07) is 14.0. The molecule has 4 rings (SSSR count). The van der Waals surface area contributed by atoms with Gasteiger partial charge in [0.05, 0.1) is 7.11 Å². The van der Waals surface area contributed by atoms with Crippen molar-refractivity contribution in [2.75, 3.05) is 46.4 Å². The monoisotopic (exact) mass is 469 g/mol. The normalized spacial score (nSPS) is 17.1. The minimum Gasteiger partial charge on any atom is -0.497 e. The van der Waals surface area contributed by atoms with Crippen LogP contribution in [0, 0.1) is 5.92 Å². The van der Waals surface area contributed by atoms with Crippen LogP contribution in [-0.2, 0) is 4.79 Å². The lowest BCUT2D eigenvalue weighted by atomic mass is 9.94. The van der Waals surface area contributed by atoms with Crippen molar-refractivity contribution < 1.29 is 19.1 Å². The Labute approximate surface area is 198 Å². The number of ether oxygens (including phenoxy) is 1. The number of likely N-dealkylation sites (tertiary alicyclic amines) is 1. The zero-order valence-corrected chi connectivity index (χ0v) is 19.5. The first-order valence-corrected chi connectivity index (χ1v) is 11.6. The molecule has 2 aromatic rings. The first kappa shape index (κ1) is 23.1. The van der Waals surface area contributed by atoms with Crippen LogP contribution in [-0.4, -0.2) is 78.8 Å². The van der Waals surface area contributed by atoms with Gasteiger partial charge < -0.3 is 19.4 Å². The fourth-order valence-electron chi connectivity index (χ4n) is 4.43.